The molecule has 0 unspecified atom stereocenters. The van der Waals surface area contributed by atoms with Gasteiger partial charge in [-0.15, -0.1) is 0 Å². The maximum Gasteiger partial charge on any atom is 0.295 e. The van der Waals surface area contributed by atoms with Gasteiger partial charge < -0.3 is 21.3 Å². The second kappa shape index (κ2) is 18.4. The van der Waals surface area contributed by atoms with E-state index in [4.69, 9.17) is 4.98 Å². The van der Waals surface area contributed by atoms with Gasteiger partial charge in [-0.05, 0) is 89.3 Å². The Kier molecular flexibility index (Phi) is 12.1. The molecular weight excluding hydrogens is 785 g/mol. The Morgan fingerprint density at radius 1 is 0.459 bits per heavy atom. The normalized spacial score (nSPS) is 11.3. The molecule has 14 heteroatoms. The Morgan fingerprint density at radius 2 is 0.885 bits per heavy atom. The Labute approximate surface area is 353 Å². The number of nitrogens with one attached hydrogen (secondary N) is 4. The van der Waals surface area contributed by atoms with E-state index in [9.17, 15) is 13.0 Å². The first kappa shape index (κ1) is 40.0. The molecule has 8 aromatic rings. The number of hydrogen-bond donors (Lipinski definition) is 5. The van der Waals surface area contributed by atoms with Crippen LogP contribution in [-0.2, 0) is 23.0 Å². The zero-order chi connectivity index (χ0) is 42.0. The molecule has 0 aliphatic heterocycles. The van der Waals surface area contributed by atoms with Gasteiger partial charge in [0.15, 0.2) is 0 Å². The molecule has 0 radical (unpaired) electrons. The lowest BCUT2D eigenvalue weighted by Crippen LogP contribution is -2.09. The van der Waals surface area contributed by atoms with Crippen LogP contribution < -0.4 is 21.3 Å². The smallest absolute Gasteiger partial charge is 0.295 e. The highest BCUT2D eigenvalue weighted by molar-refractivity contribution is 7.86. The molecular formula is C47H40N10O3S. The molecule has 2 aromatic heterocycles. The van der Waals surface area contributed by atoms with Gasteiger partial charge in [0.2, 0.25) is 23.8 Å². The summed E-state index contributed by atoms with van der Waals surface area (Å²) in [5.41, 5.74) is 6.88. The third-order valence-electron chi connectivity index (χ3n) is 9.34. The van der Waals surface area contributed by atoms with Gasteiger partial charge >= 0.3 is 0 Å². The van der Waals surface area contributed by atoms with Crippen LogP contribution in [0.25, 0.3) is 12.2 Å². The molecule has 0 spiro atoms. The zero-order valence-electron chi connectivity index (χ0n) is 32.9. The first-order valence-corrected chi connectivity index (χ1v) is 20.8. The predicted octanol–water partition coefficient (Wildman–Crippen LogP) is 9.94. The standard InChI is InChI=1S/C47H40N10O3S/c1-32-28-40(51-47-56-45(49-38-18-10-4-11-19-38)55-46(57-47)50-39-20-12-5-13-21-39)27-26-35(32)24-25-36-23-22-34(29-41(36)61(58,59)60)31-43-52-42(30-33-14-6-2-7-15-33)53-44(54-43)48-37-16-8-3-9-17-37/h2-29H,30-31H2,1H3,(H,58,59,60)(H,48,52,53,54)(H3,49,50,51,55,56,57)/b25-24+. The van der Waals surface area contributed by atoms with Crippen LogP contribution in [0.2, 0.25) is 0 Å². The summed E-state index contributed by atoms with van der Waals surface area (Å²) >= 11 is 0. The third kappa shape index (κ3) is 11.0. The van der Waals surface area contributed by atoms with Crippen molar-refractivity contribution in [2.24, 2.45) is 0 Å². The average Bonchev–Trinajstić information content (AvgIpc) is 3.25. The molecule has 0 bridgehead atoms. The average molecular weight is 825 g/mol. The van der Waals surface area contributed by atoms with Crippen molar-refractivity contribution >= 4 is 68.8 Å². The number of aryl methyl sites for hydroxylation is 1. The van der Waals surface area contributed by atoms with E-state index in [0.717, 1.165) is 39.4 Å². The highest BCUT2D eigenvalue weighted by Gasteiger charge is 2.17. The zero-order valence-corrected chi connectivity index (χ0v) is 33.8. The number of hydrogen-bond acceptors (Lipinski definition) is 12. The van der Waals surface area contributed by atoms with Crippen molar-refractivity contribution in [1.82, 2.24) is 29.9 Å². The molecule has 0 saturated carbocycles. The van der Waals surface area contributed by atoms with Crippen molar-refractivity contribution in [1.29, 1.82) is 0 Å². The number of nitrogens with zero attached hydrogens (tertiary/aromatic N) is 6. The largest absolute Gasteiger partial charge is 0.324 e. The Balaban J connectivity index is 1.02. The van der Waals surface area contributed by atoms with Crippen LogP contribution >= 0.6 is 0 Å². The molecule has 2 heterocycles. The van der Waals surface area contributed by atoms with E-state index in [1.807, 2.05) is 146 Å². The first-order chi connectivity index (χ1) is 29.7. The second-order valence-corrected chi connectivity index (χ2v) is 15.4. The van der Waals surface area contributed by atoms with Crippen LogP contribution in [0.4, 0.5) is 46.5 Å². The fourth-order valence-electron chi connectivity index (χ4n) is 6.44. The summed E-state index contributed by atoms with van der Waals surface area (Å²) in [7, 11) is -4.61. The second-order valence-electron chi connectivity index (χ2n) is 14.0. The monoisotopic (exact) mass is 824 g/mol. The van der Waals surface area contributed by atoms with Crippen molar-refractivity contribution in [3.8, 4) is 0 Å². The van der Waals surface area contributed by atoms with Gasteiger partial charge in [-0.1, -0.05) is 115 Å². The summed E-state index contributed by atoms with van der Waals surface area (Å²) in [6.45, 7) is 1.94. The molecule has 0 aliphatic rings. The highest BCUT2D eigenvalue weighted by Crippen LogP contribution is 2.26. The maximum atomic E-state index is 12.8. The Bertz CT molecular complexity index is 2780. The summed E-state index contributed by atoms with van der Waals surface area (Å²) in [5, 5.41) is 13.0. The SMILES string of the molecule is Cc1cc(Nc2nc(Nc3ccccc3)nc(Nc3ccccc3)n2)ccc1/C=C/c1ccc(Cc2nc(Cc3ccccc3)nc(Nc3ccccc3)n2)cc1S(=O)(=O)O. The highest BCUT2D eigenvalue weighted by atomic mass is 32.2. The van der Waals surface area contributed by atoms with E-state index >= 15 is 0 Å². The van der Waals surface area contributed by atoms with Crippen LogP contribution in [0, 0.1) is 6.92 Å². The lowest BCUT2D eigenvalue weighted by molar-refractivity contribution is 0.483. The summed E-state index contributed by atoms with van der Waals surface area (Å²) < 4.78 is 35.9. The summed E-state index contributed by atoms with van der Waals surface area (Å²) in [6.07, 6.45) is 4.15. The van der Waals surface area contributed by atoms with Crippen molar-refractivity contribution in [3.05, 3.63) is 197 Å². The number of benzene rings is 6. The maximum absolute atomic E-state index is 12.8. The first-order valence-electron chi connectivity index (χ1n) is 19.3. The minimum atomic E-state index is -4.61. The van der Waals surface area contributed by atoms with Gasteiger partial charge in [-0.25, -0.2) is 4.98 Å². The Hall–Kier alpha value is -7.81. The molecule has 13 nitrogen and oxygen atoms in total. The Morgan fingerprint density at radius 3 is 1.38 bits per heavy atom. The van der Waals surface area contributed by atoms with Crippen LogP contribution in [0.1, 0.15) is 39.5 Å². The lowest BCUT2D eigenvalue weighted by atomic mass is 10.0. The summed E-state index contributed by atoms with van der Waals surface area (Å²) in [4.78, 5) is 27.6. The fraction of sp³-hybridized carbons (Fsp3) is 0.0638. The van der Waals surface area contributed by atoms with Crippen LogP contribution in [-0.4, -0.2) is 42.9 Å². The van der Waals surface area contributed by atoms with E-state index in [1.165, 1.54) is 6.07 Å². The number of para-hydroxylation sites is 3. The van der Waals surface area contributed by atoms with Crippen molar-refractivity contribution in [2.75, 3.05) is 21.3 Å². The molecule has 0 fully saturated rings. The molecule has 0 aliphatic carbocycles. The van der Waals surface area contributed by atoms with Gasteiger partial charge in [-0.3, -0.25) is 4.55 Å². The summed E-state index contributed by atoms with van der Waals surface area (Å²) in [6, 6.07) is 49.3. The minimum absolute atomic E-state index is 0.197. The van der Waals surface area contributed by atoms with Gasteiger partial charge in [0, 0.05) is 35.6 Å². The molecule has 5 N–H and O–H groups in total. The van der Waals surface area contributed by atoms with Gasteiger partial charge in [0.1, 0.15) is 16.5 Å². The number of rotatable bonds is 15. The predicted molar refractivity (Wildman–Crippen MR) is 241 cm³/mol. The van der Waals surface area contributed by atoms with E-state index in [0.29, 0.717) is 53.0 Å². The van der Waals surface area contributed by atoms with Crippen LogP contribution in [0.5, 0.6) is 0 Å². The van der Waals surface area contributed by atoms with E-state index in [1.54, 1.807) is 24.3 Å². The lowest BCUT2D eigenvalue weighted by Gasteiger charge is -2.12. The molecule has 8 rings (SSSR count). The van der Waals surface area contributed by atoms with E-state index in [-0.39, 0.29) is 11.3 Å². The molecule has 0 amide bonds. The quantitative estimate of drug-likeness (QED) is 0.0487. The van der Waals surface area contributed by atoms with Crippen LogP contribution in [0.3, 0.4) is 0 Å². The number of anilines is 8. The van der Waals surface area contributed by atoms with Crippen molar-refractivity contribution < 1.29 is 13.0 Å². The van der Waals surface area contributed by atoms with Gasteiger partial charge in [0.05, 0.1) is 0 Å². The van der Waals surface area contributed by atoms with Gasteiger partial charge in [0.25, 0.3) is 10.1 Å². The van der Waals surface area contributed by atoms with Crippen molar-refractivity contribution in [2.45, 2.75) is 24.7 Å². The van der Waals surface area contributed by atoms with Crippen LogP contribution in [0.15, 0.2) is 163 Å². The molecule has 0 saturated heterocycles. The fourth-order valence-corrected chi connectivity index (χ4v) is 7.17. The van der Waals surface area contributed by atoms with Crippen molar-refractivity contribution in [3.63, 3.8) is 0 Å². The van der Waals surface area contributed by atoms with E-state index in [2.05, 4.69) is 46.2 Å². The summed E-state index contributed by atoms with van der Waals surface area (Å²) in [5.74, 6) is 2.40. The molecule has 302 valence electrons. The third-order valence-corrected chi connectivity index (χ3v) is 10.3. The minimum Gasteiger partial charge on any atom is -0.324 e. The topological polar surface area (TPSA) is 180 Å². The molecule has 0 atom stereocenters. The molecule has 61 heavy (non-hydrogen) atoms. The molecule has 6 aromatic carbocycles. The number of aromatic nitrogens is 6. The van der Waals surface area contributed by atoms with E-state index < -0.39 is 10.1 Å². The van der Waals surface area contributed by atoms with Gasteiger partial charge in [-0.2, -0.15) is 33.3 Å².